The van der Waals surface area contributed by atoms with Crippen molar-refractivity contribution in [1.29, 1.82) is 0 Å². The molecular weight excluding hydrogens is 880 g/mol. The molecule has 12 nitrogen and oxygen atoms in total. The topological polar surface area (TPSA) is 143 Å². The van der Waals surface area contributed by atoms with E-state index in [-0.39, 0.29) is 0 Å². The number of hydrogen-bond donors (Lipinski definition) is 2. The summed E-state index contributed by atoms with van der Waals surface area (Å²) in [7, 11) is 3.02. The molecule has 0 saturated carbocycles. The van der Waals surface area contributed by atoms with Gasteiger partial charge in [0.05, 0.1) is 8.95 Å². The minimum atomic E-state index is -0.800. The van der Waals surface area contributed by atoms with Gasteiger partial charge in [-0.15, -0.1) is 0 Å². The van der Waals surface area contributed by atoms with Crippen LogP contribution < -0.4 is 10.6 Å². The van der Waals surface area contributed by atoms with Crippen LogP contribution in [-0.4, -0.2) is 81.1 Å². The van der Waals surface area contributed by atoms with Crippen molar-refractivity contribution >= 4 is 67.5 Å². The summed E-state index contributed by atoms with van der Waals surface area (Å²) in [6.07, 6.45) is -0.498. The first-order valence-corrected chi connectivity index (χ1v) is 20.3. The lowest BCUT2D eigenvalue weighted by molar-refractivity contribution is -0.121. The van der Waals surface area contributed by atoms with Gasteiger partial charge >= 0.3 is 12.2 Å². The number of nitrogens with zero attached hydrogens (tertiary/aromatic N) is 4. The number of anilines is 2. The first-order chi connectivity index (χ1) is 27.6. The summed E-state index contributed by atoms with van der Waals surface area (Å²) in [6.45, 7) is 13.8. The first kappa shape index (κ1) is 46.0. The van der Waals surface area contributed by atoms with E-state index in [1.54, 1.807) is 79.7 Å². The zero-order valence-electron chi connectivity index (χ0n) is 34.8. The summed E-state index contributed by atoms with van der Waals surface area (Å²) < 4.78 is 12.1. The minimum Gasteiger partial charge on any atom is -0.444 e. The van der Waals surface area contributed by atoms with Crippen molar-refractivity contribution < 1.29 is 28.7 Å². The fourth-order valence-electron chi connectivity index (χ4n) is 4.91. The van der Waals surface area contributed by atoms with Gasteiger partial charge in [0.25, 0.3) is 0 Å². The second-order valence-electron chi connectivity index (χ2n) is 15.6. The fraction of sp³-hybridized carbons (Fsp3) is 0.333. The molecule has 308 valence electrons. The molecule has 4 aromatic rings. The molecule has 2 aromatic heterocycles. The van der Waals surface area contributed by atoms with Crippen LogP contribution in [0.3, 0.4) is 0 Å². The van der Waals surface area contributed by atoms with Crippen LogP contribution in [-0.2, 0) is 25.5 Å². The van der Waals surface area contributed by atoms with E-state index in [1.165, 1.54) is 23.9 Å². The van der Waals surface area contributed by atoms with E-state index in [0.717, 1.165) is 22.3 Å². The van der Waals surface area contributed by atoms with Crippen molar-refractivity contribution in [2.24, 2.45) is 0 Å². The molecule has 0 aliphatic rings. The van der Waals surface area contributed by atoms with Crippen molar-refractivity contribution in [2.75, 3.05) is 24.7 Å². The average molecular weight is 929 g/mol. The molecule has 4 rings (SSSR count). The molecule has 2 atom stereocenters. The Labute approximate surface area is 363 Å². The molecule has 0 bridgehead atoms. The molecule has 2 heterocycles. The number of hydrogen-bond acceptors (Lipinski definition) is 8. The highest BCUT2D eigenvalue weighted by Crippen LogP contribution is 2.20. The van der Waals surface area contributed by atoms with Crippen LogP contribution in [0, 0.1) is 23.7 Å². The Hall–Kier alpha value is -5.70. The van der Waals surface area contributed by atoms with E-state index >= 15 is 0 Å². The second-order valence-corrected chi connectivity index (χ2v) is 17.3. The van der Waals surface area contributed by atoms with E-state index < -0.39 is 47.3 Å². The smallest absolute Gasteiger partial charge is 0.410 e. The number of carbonyl (C=O) groups is 4. The quantitative estimate of drug-likeness (QED) is 0.167. The lowest BCUT2D eigenvalue weighted by Gasteiger charge is -2.28. The maximum Gasteiger partial charge on any atom is 0.410 e. The molecule has 0 fully saturated rings. The van der Waals surface area contributed by atoms with Gasteiger partial charge in [-0.2, -0.15) is 0 Å². The summed E-state index contributed by atoms with van der Waals surface area (Å²) in [5, 5.41) is 5.50. The number of pyridine rings is 2. The van der Waals surface area contributed by atoms with Crippen molar-refractivity contribution in [3.8, 4) is 23.7 Å². The number of ether oxygens (including phenoxy) is 2. The maximum atomic E-state index is 12.9. The van der Waals surface area contributed by atoms with E-state index in [1.807, 2.05) is 48.5 Å². The third-order valence-corrected chi connectivity index (χ3v) is 9.72. The van der Waals surface area contributed by atoms with Crippen molar-refractivity contribution in [1.82, 2.24) is 19.8 Å². The fourth-order valence-corrected chi connectivity index (χ4v) is 5.55. The van der Waals surface area contributed by atoms with Crippen molar-refractivity contribution in [3.63, 3.8) is 0 Å². The highest BCUT2D eigenvalue weighted by Gasteiger charge is 2.28. The van der Waals surface area contributed by atoms with E-state index in [9.17, 15) is 19.2 Å². The van der Waals surface area contributed by atoms with Crippen LogP contribution in [0.2, 0.25) is 0 Å². The molecule has 14 heteroatoms. The van der Waals surface area contributed by atoms with Gasteiger partial charge in [-0.25, -0.2) is 19.6 Å². The average Bonchev–Trinajstić information content (AvgIpc) is 3.16. The monoisotopic (exact) mass is 926 g/mol. The van der Waals surface area contributed by atoms with E-state index in [4.69, 9.17) is 9.47 Å². The van der Waals surface area contributed by atoms with E-state index in [0.29, 0.717) is 38.4 Å². The predicted octanol–water partition coefficient (Wildman–Crippen LogP) is 8.78. The van der Waals surface area contributed by atoms with Gasteiger partial charge in [0.2, 0.25) is 11.8 Å². The second kappa shape index (κ2) is 19.8. The van der Waals surface area contributed by atoms with Crippen LogP contribution in [0.1, 0.15) is 89.0 Å². The Morgan fingerprint density at radius 2 is 0.932 bits per heavy atom. The van der Waals surface area contributed by atoms with Gasteiger partial charge < -0.3 is 20.1 Å². The SMILES string of the molecule is C[C@@H](C(=O)Nc1ccc(Br)c(C#Cc2ccc(Cc3ccc(C#Cc4nc(NC(=O)[C@H](C)N(C)C(=O)OC(C)(C)C)ccc4Br)cc3)cc2)n1)N(C)C(=O)OC(C)(C)C. The van der Waals surface area contributed by atoms with Crippen LogP contribution in [0.15, 0.2) is 81.7 Å². The van der Waals surface area contributed by atoms with Crippen LogP contribution in [0.5, 0.6) is 0 Å². The predicted molar refractivity (Wildman–Crippen MR) is 236 cm³/mol. The van der Waals surface area contributed by atoms with Gasteiger partial charge in [-0.1, -0.05) is 36.1 Å². The molecule has 2 aromatic carbocycles. The molecule has 0 spiro atoms. The van der Waals surface area contributed by atoms with Gasteiger partial charge in [-0.3, -0.25) is 19.4 Å². The number of nitrogens with one attached hydrogen (secondary N) is 2. The zero-order valence-corrected chi connectivity index (χ0v) is 38.0. The third kappa shape index (κ3) is 14.3. The molecule has 2 N–H and O–H groups in total. The van der Waals surface area contributed by atoms with Crippen LogP contribution in [0.4, 0.5) is 21.2 Å². The minimum absolute atomic E-state index is 0.302. The molecule has 0 aliphatic carbocycles. The molecular formula is C45H48Br2N6O6. The van der Waals surface area contributed by atoms with E-state index in [2.05, 4.69) is 76.1 Å². The standard InChI is InChI=1S/C45H48Br2N6O6/c1-28(52(9)42(56)58-44(3,4)5)40(54)50-38-25-21-34(46)36(48-38)23-19-30-11-15-32(16-12-30)27-33-17-13-31(14-18-33)20-24-37-35(47)22-26-39(49-37)51-41(55)29(2)53(10)43(57)59-45(6,7)8/h11-18,21-22,25-26,28-29H,27H2,1-10H3,(H,48,50,54)(H,49,51,55)/t28-,29-/m0/s1. The normalized spacial score (nSPS) is 12.0. The van der Waals surface area contributed by atoms with Gasteiger partial charge in [0.1, 0.15) is 46.3 Å². The molecule has 4 amide bonds. The molecule has 0 aliphatic heterocycles. The Balaban J connectivity index is 1.35. The highest BCUT2D eigenvalue weighted by molar-refractivity contribution is 9.10. The lowest BCUT2D eigenvalue weighted by Crippen LogP contribution is -2.45. The van der Waals surface area contributed by atoms with Crippen molar-refractivity contribution in [3.05, 3.63) is 115 Å². The lowest BCUT2D eigenvalue weighted by atomic mass is 10.0. The Morgan fingerprint density at radius 3 is 1.25 bits per heavy atom. The first-order valence-electron chi connectivity index (χ1n) is 18.7. The number of halogens is 2. The van der Waals surface area contributed by atoms with Gasteiger partial charge in [-0.05, 0) is 165 Å². The Kier molecular flexibility index (Phi) is 15.5. The van der Waals surface area contributed by atoms with Crippen molar-refractivity contribution in [2.45, 2.75) is 85.1 Å². The molecule has 0 radical (unpaired) electrons. The summed E-state index contributed by atoms with van der Waals surface area (Å²) in [4.78, 5) is 62.1. The molecule has 59 heavy (non-hydrogen) atoms. The Bertz CT molecular complexity index is 2150. The van der Waals surface area contributed by atoms with Crippen LogP contribution >= 0.6 is 31.9 Å². The number of likely N-dealkylation sites (N-methyl/N-ethyl adjacent to an activating group) is 2. The summed E-state index contributed by atoms with van der Waals surface area (Å²) >= 11 is 6.98. The number of carbonyl (C=O) groups excluding carboxylic acids is 4. The molecule has 0 unspecified atom stereocenters. The van der Waals surface area contributed by atoms with Gasteiger partial charge in [0, 0.05) is 25.2 Å². The Morgan fingerprint density at radius 1 is 0.593 bits per heavy atom. The highest BCUT2D eigenvalue weighted by atomic mass is 79.9. The largest absolute Gasteiger partial charge is 0.444 e. The van der Waals surface area contributed by atoms with Gasteiger partial charge in [0.15, 0.2) is 0 Å². The number of amides is 4. The third-order valence-electron chi connectivity index (χ3n) is 8.44. The number of benzene rings is 2. The number of aromatic nitrogens is 2. The van der Waals surface area contributed by atoms with Crippen LogP contribution in [0.25, 0.3) is 0 Å². The number of rotatable bonds is 8. The summed E-state index contributed by atoms with van der Waals surface area (Å²) in [5.74, 6) is 12.2. The zero-order chi connectivity index (χ0) is 43.7. The summed E-state index contributed by atoms with van der Waals surface area (Å²) in [5.41, 5.74) is 3.31. The maximum absolute atomic E-state index is 12.9. The molecule has 0 saturated heterocycles. The summed E-state index contributed by atoms with van der Waals surface area (Å²) in [6, 6.07) is 21.1.